The quantitative estimate of drug-likeness (QED) is 0.886. The van der Waals surface area contributed by atoms with Crippen molar-refractivity contribution >= 4 is 0 Å². The first kappa shape index (κ1) is 13.5. The molecule has 1 aliphatic heterocycles. The monoisotopic (exact) mass is 249 g/mol. The van der Waals surface area contributed by atoms with Crippen LogP contribution in [0.5, 0.6) is 0 Å². The van der Waals surface area contributed by atoms with E-state index in [0.717, 1.165) is 38.3 Å². The van der Waals surface area contributed by atoms with Crippen LogP contribution in [-0.4, -0.2) is 42.4 Å². The first-order valence-corrected chi connectivity index (χ1v) is 6.81. The number of benzene rings is 1. The normalized spacial score (nSPS) is 20.6. The lowest BCUT2D eigenvalue weighted by atomic mass is 10.00. The minimum Gasteiger partial charge on any atom is -0.387 e. The van der Waals surface area contributed by atoms with E-state index in [1.807, 2.05) is 12.1 Å². The van der Waals surface area contributed by atoms with Gasteiger partial charge in [0.2, 0.25) is 0 Å². The van der Waals surface area contributed by atoms with Crippen molar-refractivity contribution in [1.29, 1.82) is 0 Å². The lowest BCUT2D eigenvalue weighted by Crippen LogP contribution is -2.44. The van der Waals surface area contributed by atoms with Crippen LogP contribution in [0.25, 0.3) is 0 Å². The van der Waals surface area contributed by atoms with Crippen LogP contribution in [0, 0.1) is 0 Å². The van der Waals surface area contributed by atoms with Crippen LogP contribution < -0.4 is 0 Å². The Labute approximate surface area is 109 Å². The maximum absolute atomic E-state index is 10.4. The molecule has 1 saturated heterocycles. The van der Waals surface area contributed by atoms with E-state index in [1.165, 1.54) is 5.56 Å². The molecule has 100 valence electrons. The average molecular weight is 249 g/mol. The van der Waals surface area contributed by atoms with Crippen LogP contribution >= 0.6 is 0 Å². The molecule has 3 nitrogen and oxygen atoms in total. The van der Waals surface area contributed by atoms with Crippen LogP contribution in [0.3, 0.4) is 0 Å². The van der Waals surface area contributed by atoms with Gasteiger partial charge >= 0.3 is 0 Å². The summed E-state index contributed by atoms with van der Waals surface area (Å²) in [6.07, 6.45) is 0.615. The fourth-order valence-corrected chi connectivity index (χ4v) is 2.41. The largest absolute Gasteiger partial charge is 0.387 e. The van der Waals surface area contributed by atoms with Gasteiger partial charge < -0.3 is 9.84 Å². The molecule has 1 aromatic carbocycles. The van der Waals surface area contributed by atoms with E-state index in [1.54, 1.807) is 0 Å². The maximum Gasteiger partial charge on any atom is 0.0942 e. The standard InChI is InChI=1S/C15H23NO2/c1-3-13-4-6-14(7-5-13)15(17)12(2)16-8-10-18-11-9-16/h4-7,12,15,17H,3,8-11H2,1-2H3. The van der Waals surface area contributed by atoms with Gasteiger partial charge in [-0.3, -0.25) is 4.90 Å². The van der Waals surface area contributed by atoms with Crippen molar-refractivity contribution in [2.24, 2.45) is 0 Å². The van der Waals surface area contributed by atoms with E-state index in [2.05, 4.69) is 30.9 Å². The molecule has 18 heavy (non-hydrogen) atoms. The van der Waals surface area contributed by atoms with Crippen molar-refractivity contribution in [3.05, 3.63) is 35.4 Å². The highest BCUT2D eigenvalue weighted by molar-refractivity contribution is 5.25. The number of nitrogens with zero attached hydrogens (tertiary/aromatic N) is 1. The Kier molecular flexibility index (Phi) is 4.75. The lowest BCUT2D eigenvalue weighted by molar-refractivity contribution is -0.0166. The van der Waals surface area contributed by atoms with E-state index in [-0.39, 0.29) is 6.04 Å². The Morgan fingerprint density at radius 1 is 1.22 bits per heavy atom. The summed E-state index contributed by atoms with van der Waals surface area (Å²) in [6.45, 7) is 7.58. The average Bonchev–Trinajstić information content (AvgIpc) is 2.47. The fourth-order valence-electron chi connectivity index (χ4n) is 2.41. The summed E-state index contributed by atoms with van der Waals surface area (Å²) in [5.74, 6) is 0. The molecular weight excluding hydrogens is 226 g/mol. The molecule has 0 amide bonds. The SMILES string of the molecule is CCc1ccc(C(O)C(C)N2CCOCC2)cc1. The molecular formula is C15H23NO2. The number of aliphatic hydroxyl groups is 1. The van der Waals surface area contributed by atoms with Gasteiger partial charge in [0, 0.05) is 19.1 Å². The van der Waals surface area contributed by atoms with Crippen molar-refractivity contribution in [2.75, 3.05) is 26.3 Å². The molecule has 1 fully saturated rings. The molecule has 3 heteroatoms. The van der Waals surface area contributed by atoms with E-state index >= 15 is 0 Å². The maximum atomic E-state index is 10.4. The van der Waals surface area contributed by atoms with Gasteiger partial charge in [-0.2, -0.15) is 0 Å². The predicted molar refractivity (Wildman–Crippen MR) is 72.6 cm³/mol. The summed E-state index contributed by atoms with van der Waals surface area (Å²) in [6, 6.07) is 8.43. The van der Waals surface area contributed by atoms with E-state index in [9.17, 15) is 5.11 Å². The number of morpholine rings is 1. The third kappa shape index (κ3) is 3.10. The highest BCUT2D eigenvalue weighted by atomic mass is 16.5. The Morgan fingerprint density at radius 3 is 2.39 bits per heavy atom. The Balaban J connectivity index is 2.01. The van der Waals surface area contributed by atoms with Gasteiger partial charge in [-0.05, 0) is 24.5 Å². The van der Waals surface area contributed by atoms with Gasteiger partial charge in [0.25, 0.3) is 0 Å². The van der Waals surface area contributed by atoms with E-state index < -0.39 is 6.10 Å². The van der Waals surface area contributed by atoms with Crippen LogP contribution in [0.4, 0.5) is 0 Å². The summed E-state index contributed by atoms with van der Waals surface area (Å²) < 4.78 is 5.34. The van der Waals surface area contributed by atoms with E-state index in [0.29, 0.717) is 0 Å². The zero-order valence-electron chi connectivity index (χ0n) is 11.3. The molecule has 0 radical (unpaired) electrons. The fraction of sp³-hybridized carbons (Fsp3) is 0.600. The molecule has 0 aromatic heterocycles. The van der Waals surface area contributed by atoms with Gasteiger partial charge in [0.15, 0.2) is 0 Å². The molecule has 0 aliphatic carbocycles. The second-order valence-electron chi connectivity index (χ2n) is 4.93. The second-order valence-corrected chi connectivity index (χ2v) is 4.93. The van der Waals surface area contributed by atoms with Crippen molar-refractivity contribution in [2.45, 2.75) is 32.4 Å². The molecule has 1 heterocycles. The molecule has 0 bridgehead atoms. The zero-order valence-corrected chi connectivity index (χ0v) is 11.3. The molecule has 2 unspecified atom stereocenters. The van der Waals surface area contributed by atoms with Crippen molar-refractivity contribution in [3.63, 3.8) is 0 Å². The molecule has 2 rings (SSSR count). The van der Waals surface area contributed by atoms with Crippen LogP contribution in [0.15, 0.2) is 24.3 Å². The first-order valence-electron chi connectivity index (χ1n) is 6.81. The van der Waals surface area contributed by atoms with Crippen LogP contribution in [0.1, 0.15) is 31.1 Å². The minimum absolute atomic E-state index is 0.140. The Bertz CT molecular complexity index is 357. The molecule has 0 spiro atoms. The third-order valence-corrected chi connectivity index (χ3v) is 3.81. The van der Waals surface area contributed by atoms with Gasteiger partial charge in [0.1, 0.15) is 0 Å². The van der Waals surface area contributed by atoms with Gasteiger partial charge in [-0.1, -0.05) is 31.2 Å². The number of aliphatic hydroxyl groups excluding tert-OH is 1. The minimum atomic E-state index is -0.422. The number of hydrogen-bond donors (Lipinski definition) is 1. The Morgan fingerprint density at radius 2 is 1.83 bits per heavy atom. The molecule has 1 N–H and O–H groups in total. The predicted octanol–water partition coefficient (Wildman–Crippen LogP) is 2.00. The van der Waals surface area contributed by atoms with Crippen LogP contribution in [0.2, 0.25) is 0 Å². The smallest absolute Gasteiger partial charge is 0.0942 e. The number of aryl methyl sites for hydroxylation is 1. The summed E-state index contributed by atoms with van der Waals surface area (Å²) >= 11 is 0. The van der Waals surface area contributed by atoms with Gasteiger partial charge in [0.05, 0.1) is 19.3 Å². The van der Waals surface area contributed by atoms with Crippen molar-refractivity contribution in [1.82, 2.24) is 4.90 Å². The Hall–Kier alpha value is -0.900. The number of ether oxygens (including phenoxy) is 1. The van der Waals surface area contributed by atoms with Gasteiger partial charge in [-0.15, -0.1) is 0 Å². The topological polar surface area (TPSA) is 32.7 Å². The number of rotatable bonds is 4. The van der Waals surface area contributed by atoms with Crippen molar-refractivity contribution < 1.29 is 9.84 Å². The van der Waals surface area contributed by atoms with Crippen molar-refractivity contribution in [3.8, 4) is 0 Å². The zero-order chi connectivity index (χ0) is 13.0. The van der Waals surface area contributed by atoms with Gasteiger partial charge in [-0.25, -0.2) is 0 Å². The molecule has 2 atom stereocenters. The summed E-state index contributed by atoms with van der Waals surface area (Å²) in [7, 11) is 0. The highest BCUT2D eigenvalue weighted by Gasteiger charge is 2.24. The summed E-state index contributed by atoms with van der Waals surface area (Å²) in [5.41, 5.74) is 2.32. The summed E-state index contributed by atoms with van der Waals surface area (Å²) in [4.78, 5) is 2.29. The highest BCUT2D eigenvalue weighted by Crippen LogP contribution is 2.22. The lowest BCUT2D eigenvalue weighted by Gasteiger charge is -2.35. The molecule has 1 aromatic rings. The third-order valence-electron chi connectivity index (χ3n) is 3.81. The number of hydrogen-bond acceptors (Lipinski definition) is 3. The second kappa shape index (κ2) is 6.32. The first-order chi connectivity index (χ1) is 8.72. The summed E-state index contributed by atoms with van der Waals surface area (Å²) in [5, 5.41) is 10.4. The molecule has 1 aliphatic rings. The van der Waals surface area contributed by atoms with E-state index in [4.69, 9.17) is 4.74 Å². The molecule has 0 saturated carbocycles. The van der Waals surface area contributed by atoms with Crippen LogP contribution in [-0.2, 0) is 11.2 Å².